The molecule has 2 unspecified atom stereocenters. The summed E-state index contributed by atoms with van der Waals surface area (Å²) in [5.74, 6) is -1.68. The van der Waals surface area contributed by atoms with Crippen molar-refractivity contribution in [1.29, 1.82) is 0 Å². The molecule has 6 heterocycles. The summed E-state index contributed by atoms with van der Waals surface area (Å²) < 4.78 is 44.3. The maximum atomic E-state index is 14.4. The molecule has 0 bridgehead atoms. The van der Waals surface area contributed by atoms with E-state index >= 15 is 0 Å². The SMILES string of the molecule is Cc1ncnc(C(=O)N2CCN(c3c4n(c5nc(-c6ccn(C7CC7)c(=O)c6)nn5c3=O)C(C(=O)Nc3ccc(C(F)(F)F)cc3Cl)CC4C)CC2)c1O. The Morgan fingerprint density at radius 2 is 1.78 bits per heavy atom. The molecular weight excluding hydrogens is 733 g/mol. The van der Waals surface area contributed by atoms with E-state index in [1.165, 1.54) is 17.3 Å². The second-order valence-electron chi connectivity index (χ2n) is 13.7. The Balaban J connectivity index is 1.19. The Hall–Kier alpha value is -5.78. The van der Waals surface area contributed by atoms with Crippen LogP contribution in [0.3, 0.4) is 0 Å². The summed E-state index contributed by atoms with van der Waals surface area (Å²) in [6.45, 7) is 4.15. The molecule has 5 aromatic rings. The number of aromatic hydroxyl groups is 1. The van der Waals surface area contributed by atoms with Gasteiger partial charge in [0.1, 0.15) is 18.1 Å². The summed E-state index contributed by atoms with van der Waals surface area (Å²) >= 11 is 6.19. The number of nitrogens with one attached hydrogen (secondary N) is 1. The van der Waals surface area contributed by atoms with E-state index in [-0.39, 0.29) is 95.3 Å². The van der Waals surface area contributed by atoms with Gasteiger partial charge in [0.25, 0.3) is 17.0 Å². The number of aromatic nitrogens is 7. The number of pyridine rings is 1. The number of hydrogen-bond acceptors (Lipinski definition) is 10. The zero-order chi connectivity index (χ0) is 38.2. The normalized spacial score (nSPS) is 18.6. The number of alkyl halides is 3. The molecule has 2 aliphatic heterocycles. The zero-order valence-corrected chi connectivity index (χ0v) is 29.6. The quantitative estimate of drug-likeness (QED) is 0.256. The van der Waals surface area contributed by atoms with Gasteiger partial charge in [0.05, 0.1) is 27.7 Å². The van der Waals surface area contributed by atoms with E-state index in [4.69, 9.17) is 11.6 Å². The van der Waals surface area contributed by atoms with Crippen LogP contribution in [0.4, 0.5) is 24.5 Å². The van der Waals surface area contributed by atoms with E-state index in [9.17, 15) is 37.5 Å². The lowest BCUT2D eigenvalue weighted by Crippen LogP contribution is -2.51. The van der Waals surface area contributed by atoms with E-state index in [0.717, 1.165) is 35.6 Å². The molecule has 4 aromatic heterocycles. The number of nitrogens with zero attached hydrogens (tertiary/aromatic N) is 9. The molecule has 54 heavy (non-hydrogen) atoms. The van der Waals surface area contributed by atoms with Crippen LogP contribution in [0, 0.1) is 6.92 Å². The van der Waals surface area contributed by atoms with Crippen molar-refractivity contribution in [2.75, 3.05) is 36.4 Å². The van der Waals surface area contributed by atoms with E-state index in [1.54, 1.807) is 28.3 Å². The number of amides is 2. The summed E-state index contributed by atoms with van der Waals surface area (Å²) in [4.78, 5) is 70.6. The predicted molar refractivity (Wildman–Crippen MR) is 189 cm³/mol. The highest BCUT2D eigenvalue weighted by Gasteiger charge is 2.41. The number of carbonyl (C=O) groups excluding carboxylic acids is 2. The van der Waals surface area contributed by atoms with Gasteiger partial charge in [0, 0.05) is 56.0 Å². The van der Waals surface area contributed by atoms with Gasteiger partial charge in [-0.1, -0.05) is 18.5 Å². The van der Waals surface area contributed by atoms with Gasteiger partial charge < -0.3 is 24.8 Å². The lowest BCUT2D eigenvalue weighted by molar-refractivity contribution is -0.137. The molecular formula is C35H32ClF3N10O5. The first kappa shape index (κ1) is 35.3. The number of fused-ring (bicyclic) bond motifs is 3. The molecule has 2 fully saturated rings. The minimum absolute atomic E-state index is 0.0304. The highest BCUT2D eigenvalue weighted by atomic mass is 35.5. The van der Waals surface area contributed by atoms with Crippen molar-refractivity contribution < 1.29 is 27.9 Å². The van der Waals surface area contributed by atoms with Crippen molar-refractivity contribution in [2.24, 2.45) is 0 Å². The number of rotatable bonds is 6. The molecule has 1 aromatic carbocycles. The van der Waals surface area contributed by atoms with Crippen molar-refractivity contribution in [3.05, 3.63) is 91.2 Å². The van der Waals surface area contributed by atoms with Gasteiger partial charge in [0.15, 0.2) is 17.3 Å². The third-order valence-electron chi connectivity index (χ3n) is 10.2. The lowest BCUT2D eigenvalue weighted by Gasteiger charge is -2.36. The van der Waals surface area contributed by atoms with Gasteiger partial charge in [-0.25, -0.2) is 9.97 Å². The Kier molecular flexibility index (Phi) is 8.46. The summed E-state index contributed by atoms with van der Waals surface area (Å²) in [6.07, 6.45) is 0.230. The molecule has 2 atom stereocenters. The van der Waals surface area contributed by atoms with Gasteiger partial charge in [-0.3, -0.25) is 23.7 Å². The van der Waals surface area contributed by atoms with Crippen LogP contribution in [-0.2, 0) is 11.0 Å². The molecule has 2 amide bonds. The largest absolute Gasteiger partial charge is 0.504 e. The first-order valence-corrected chi connectivity index (χ1v) is 17.6. The van der Waals surface area contributed by atoms with Gasteiger partial charge >= 0.3 is 6.18 Å². The minimum Gasteiger partial charge on any atom is -0.504 e. The maximum Gasteiger partial charge on any atom is 0.416 e. The molecule has 0 radical (unpaired) electrons. The fraction of sp³-hybridized carbons (Fsp3) is 0.371. The van der Waals surface area contributed by atoms with Gasteiger partial charge in [-0.15, -0.1) is 5.10 Å². The highest BCUT2D eigenvalue weighted by molar-refractivity contribution is 6.33. The number of carbonyl (C=O) groups is 2. The topological polar surface area (TPSA) is 173 Å². The third kappa shape index (κ3) is 6.03. The first-order valence-electron chi connectivity index (χ1n) is 17.2. The van der Waals surface area contributed by atoms with E-state index in [0.29, 0.717) is 11.3 Å². The Labute approximate surface area is 308 Å². The number of piperazine rings is 1. The number of hydrogen-bond donors (Lipinski definition) is 2. The maximum absolute atomic E-state index is 14.4. The number of benzene rings is 1. The lowest BCUT2D eigenvalue weighted by atomic mass is 10.0. The molecule has 8 rings (SSSR count). The fourth-order valence-corrected chi connectivity index (χ4v) is 7.43. The summed E-state index contributed by atoms with van der Waals surface area (Å²) in [6, 6.07) is 4.86. The predicted octanol–water partition coefficient (Wildman–Crippen LogP) is 4.18. The Morgan fingerprint density at radius 1 is 1.04 bits per heavy atom. The molecule has 15 nitrogen and oxygen atoms in total. The standard InChI is InChI=1S/C35H32ClF3N10O5/c1-17-13-24(31(52)42-23-6-3-20(15-22(23)36)35(37,38)39)48-27(17)28(45-9-11-46(12-10-45)32(53)26-29(51)18(2)40-16-41-26)33(54)49-34(48)43-30(44-49)19-7-8-47(21-4-5-21)25(50)14-19/h3,6-8,14-17,21,24,51H,4-5,9-13H2,1-2H3,(H,42,52). The van der Waals surface area contributed by atoms with Crippen LogP contribution in [0.1, 0.15) is 71.6 Å². The van der Waals surface area contributed by atoms with Crippen LogP contribution in [0.25, 0.3) is 17.2 Å². The van der Waals surface area contributed by atoms with Crippen LogP contribution in [-0.4, -0.2) is 81.7 Å². The van der Waals surface area contributed by atoms with Crippen molar-refractivity contribution in [2.45, 2.75) is 57.3 Å². The van der Waals surface area contributed by atoms with Crippen LogP contribution in [0.2, 0.25) is 5.02 Å². The molecule has 0 spiro atoms. The van der Waals surface area contributed by atoms with Crippen LogP contribution < -0.4 is 21.3 Å². The smallest absolute Gasteiger partial charge is 0.416 e. The van der Waals surface area contributed by atoms with Crippen LogP contribution >= 0.6 is 11.6 Å². The number of aryl methyl sites for hydroxylation is 1. The van der Waals surface area contributed by atoms with E-state index in [2.05, 4.69) is 25.4 Å². The minimum atomic E-state index is -4.63. The highest BCUT2D eigenvalue weighted by Crippen LogP contribution is 2.43. The van der Waals surface area contributed by atoms with Gasteiger partial charge in [0.2, 0.25) is 11.7 Å². The van der Waals surface area contributed by atoms with Crippen molar-refractivity contribution in [1.82, 2.24) is 38.6 Å². The summed E-state index contributed by atoms with van der Waals surface area (Å²) in [7, 11) is 0. The fourth-order valence-electron chi connectivity index (χ4n) is 7.20. The van der Waals surface area contributed by atoms with Gasteiger partial charge in [-0.2, -0.15) is 22.7 Å². The summed E-state index contributed by atoms with van der Waals surface area (Å²) in [5.41, 5.74) is -0.546. The third-order valence-corrected chi connectivity index (χ3v) is 10.5. The molecule has 1 saturated heterocycles. The molecule has 1 saturated carbocycles. The number of halogens is 4. The molecule has 280 valence electrons. The van der Waals surface area contributed by atoms with Crippen molar-refractivity contribution >= 4 is 40.6 Å². The first-order chi connectivity index (χ1) is 25.7. The molecule has 19 heteroatoms. The Bertz CT molecular complexity index is 2490. The molecule has 1 aliphatic carbocycles. The molecule has 3 aliphatic rings. The monoisotopic (exact) mass is 764 g/mol. The van der Waals surface area contributed by atoms with Crippen LogP contribution in [0.5, 0.6) is 5.75 Å². The Morgan fingerprint density at radius 3 is 2.44 bits per heavy atom. The zero-order valence-electron chi connectivity index (χ0n) is 28.8. The second-order valence-corrected chi connectivity index (χ2v) is 14.1. The van der Waals surface area contributed by atoms with Crippen LogP contribution in [0.15, 0.2) is 52.4 Å². The van der Waals surface area contributed by atoms with E-state index in [1.807, 2.05) is 11.8 Å². The number of anilines is 2. The van der Waals surface area contributed by atoms with E-state index < -0.39 is 35.2 Å². The van der Waals surface area contributed by atoms with Gasteiger partial charge in [-0.05, 0) is 50.5 Å². The molecule has 2 N–H and O–H groups in total. The van der Waals surface area contributed by atoms with Crippen molar-refractivity contribution in [3.8, 4) is 17.1 Å². The average Bonchev–Trinajstić information content (AvgIpc) is 3.78. The summed E-state index contributed by atoms with van der Waals surface area (Å²) in [5, 5.41) is 17.3. The average molecular weight is 765 g/mol. The van der Waals surface area contributed by atoms with Crippen molar-refractivity contribution in [3.63, 3.8) is 0 Å². The second kappa shape index (κ2) is 13.0.